The maximum absolute atomic E-state index is 12.9. The number of nitrogens with zero attached hydrogens (tertiary/aromatic N) is 4. The van der Waals surface area contributed by atoms with Gasteiger partial charge in [-0.2, -0.15) is 4.31 Å². The van der Waals surface area contributed by atoms with Gasteiger partial charge in [-0.05, 0) is 18.4 Å². The number of ether oxygens (including phenoxy) is 1. The first-order chi connectivity index (χ1) is 11.5. The largest absolute Gasteiger partial charge is 0.468 e. The van der Waals surface area contributed by atoms with Crippen molar-refractivity contribution < 1.29 is 17.9 Å². The van der Waals surface area contributed by atoms with Crippen molar-refractivity contribution >= 4 is 16.0 Å². The summed E-state index contributed by atoms with van der Waals surface area (Å²) >= 11 is 0. The van der Waals surface area contributed by atoms with E-state index in [0.717, 1.165) is 23.1 Å². The van der Waals surface area contributed by atoms with Gasteiger partial charge in [0, 0.05) is 12.6 Å². The van der Waals surface area contributed by atoms with E-state index in [-0.39, 0.29) is 24.3 Å². The summed E-state index contributed by atoms with van der Waals surface area (Å²) in [6.45, 7) is 0.0977. The summed E-state index contributed by atoms with van der Waals surface area (Å²) in [6, 6.07) is 9.37. The molecule has 24 heavy (non-hydrogen) atoms. The molecule has 0 radical (unpaired) electrons. The standard InChI is InChI=1S/C15H18N4O4S/c1-23-14(20)10-18-11-16-15(17-18)24(21,22)19(13-7-8-13)9-12-5-3-2-4-6-12/h2-6,11,13H,7-10H2,1H3. The molecule has 128 valence electrons. The molecule has 0 aliphatic heterocycles. The molecule has 1 aromatic carbocycles. The number of hydrogen-bond donors (Lipinski definition) is 0. The molecule has 0 N–H and O–H groups in total. The topological polar surface area (TPSA) is 94.4 Å². The first kappa shape index (κ1) is 16.6. The van der Waals surface area contributed by atoms with E-state index in [0.29, 0.717) is 0 Å². The van der Waals surface area contributed by atoms with Crippen molar-refractivity contribution in [3.8, 4) is 0 Å². The van der Waals surface area contributed by atoms with Crippen LogP contribution < -0.4 is 0 Å². The predicted molar refractivity (Wildman–Crippen MR) is 84.2 cm³/mol. The minimum absolute atomic E-state index is 0.0252. The Morgan fingerprint density at radius 1 is 1.33 bits per heavy atom. The summed E-state index contributed by atoms with van der Waals surface area (Å²) < 4.78 is 32.8. The van der Waals surface area contributed by atoms with Crippen LogP contribution in [0.5, 0.6) is 0 Å². The van der Waals surface area contributed by atoms with Crippen LogP contribution in [0.4, 0.5) is 0 Å². The lowest BCUT2D eigenvalue weighted by molar-refractivity contribution is -0.141. The molecule has 1 aliphatic carbocycles. The Bertz CT molecular complexity index is 815. The highest BCUT2D eigenvalue weighted by Gasteiger charge is 2.40. The molecule has 0 atom stereocenters. The van der Waals surface area contributed by atoms with E-state index in [2.05, 4.69) is 14.8 Å². The molecule has 1 saturated carbocycles. The molecule has 0 bridgehead atoms. The lowest BCUT2D eigenvalue weighted by Gasteiger charge is -2.20. The van der Waals surface area contributed by atoms with E-state index < -0.39 is 16.0 Å². The average molecular weight is 350 g/mol. The number of sulfonamides is 1. The van der Waals surface area contributed by atoms with Crippen molar-refractivity contribution in [1.82, 2.24) is 19.1 Å². The fourth-order valence-corrected chi connectivity index (χ4v) is 3.83. The minimum Gasteiger partial charge on any atom is -0.468 e. The third kappa shape index (κ3) is 3.62. The fourth-order valence-electron chi connectivity index (χ4n) is 2.31. The first-order valence-electron chi connectivity index (χ1n) is 7.53. The molecule has 3 rings (SSSR count). The summed E-state index contributed by atoms with van der Waals surface area (Å²) in [5, 5.41) is 3.62. The van der Waals surface area contributed by atoms with Crippen molar-refractivity contribution in [3.63, 3.8) is 0 Å². The number of carbonyl (C=O) groups excluding carboxylic acids is 1. The maximum Gasteiger partial charge on any atom is 0.327 e. The molecule has 0 unspecified atom stereocenters. The molecule has 0 spiro atoms. The highest BCUT2D eigenvalue weighted by atomic mass is 32.2. The van der Waals surface area contributed by atoms with Gasteiger partial charge in [0.05, 0.1) is 7.11 Å². The van der Waals surface area contributed by atoms with Crippen LogP contribution in [0.1, 0.15) is 18.4 Å². The number of hydrogen-bond acceptors (Lipinski definition) is 6. The summed E-state index contributed by atoms with van der Waals surface area (Å²) in [5.74, 6) is -0.521. The summed E-state index contributed by atoms with van der Waals surface area (Å²) in [5.41, 5.74) is 0.905. The molecule has 1 aliphatic rings. The van der Waals surface area contributed by atoms with Gasteiger partial charge in [0.1, 0.15) is 12.9 Å². The minimum atomic E-state index is -3.82. The second kappa shape index (κ2) is 6.70. The number of aromatic nitrogens is 3. The van der Waals surface area contributed by atoms with Gasteiger partial charge in [0.25, 0.3) is 15.2 Å². The van der Waals surface area contributed by atoms with Crippen LogP contribution in [-0.4, -0.2) is 46.6 Å². The molecular formula is C15H18N4O4S. The van der Waals surface area contributed by atoms with Crippen LogP contribution >= 0.6 is 0 Å². The van der Waals surface area contributed by atoms with E-state index in [1.807, 2.05) is 30.3 Å². The predicted octanol–water partition coefficient (Wildman–Crippen LogP) is 0.804. The van der Waals surface area contributed by atoms with E-state index >= 15 is 0 Å². The number of rotatable bonds is 7. The normalized spacial score (nSPS) is 14.8. The summed E-state index contributed by atoms with van der Waals surface area (Å²) in [6.07, 6.45) is 2.88. The molecule has 1 fully saturated rings. The van der Waals surface area contributed by atoms with Gasteiger partial charge in [-0.1, -0.05) is 30.3 Å². The Hall–Kier alpha value is -2.26. The third-order valence-electron chi connectivity index (χ3n) is 3.71. The Balaban J connectivity index is 1.83. The zero-order valence-electron chi connectivity index (χ0n) is 13.2. The molecule has 2 aromatic rings. The Labute approximate surface area is 140 Å². The van der Waals surface area contributed by atoms with E-state index in [1.165, 1.54) is 17.7 Å². The number of methoxy groups -OCH3 is 1. The van der Waals surface area contributed by atoms with Crippen LogP contribution in [-0.2, 0) is 32.6 Å². The van der Waals surface area contributed by atoms with Gasteiger partial charge in [0.15, 0.2) is 0 Å². The van der Waals surface area contributed by atoms with Gasteiger partial charge in [-0.15, -0.1) is 5.10 Å². The van der Waals surface area contributed by atoms with Crippen LogP contribution in [0, 0.1) is 0 Å². The Kier molecular flexibility index (Phi) is 4.63. The van der Waals surface area contributed by atoms with Crippen molar-refractivity contribution in [2.24, 2.45) is 0 Å². The third-order valence-corrected chi connectivity index (χ3v) is 5.40. The molecule has 0 amide bonds. The van der Waals surface area contributed by atoms with Crippen LogP contribution in [0.2, 0.25) is 0 Å². The molecule has 0 saturated heterocycles. The van der Waals surface area contributed by atoms with Gasteiger partial charge in [-0.3, -0.25) is 4.79 Å². The zero-order valence-corrected chi connectivity index (χ0v) is 14.0. The number of benzene rings is 1. The fraction of sp³-hybridized carbons (Fsp3) is 0.400. The van der Waals surface area contributed by atoms with Crippen molar-refractivity contribution in [1.29, 1.82) is 0 Å². The summed E-state index contributed by atoms with van der Waals surface area (Å²) in [4.78, 5) is 15.1. The molecule has 9 heteroatoms. The molecular weight excluding hydrogens is 332 g/mol. The second-order valence-corrected chi connectivity index (χ2v) is 7.35. The highest BCUT2D eigenvalue weighted by Crippen LogP contribution is 2.32. The van der Waals surface area contributed by atoms with Gasteiger partial charge in [0.2, 0.25) is 0 Å². The highest BCUT2D eigenvalue weighted by molar-refractivity contribution is 7.88. The van der Waals surface area contributed by atoms with E-state index in [1.54, 1.807) is 0 Å². The second-order valence-electron chi connectivity index (χ2n) is 5.57. The van der Waals surface area contributed by atoms with E-state index in [9.17, 15) is 13.2 Å². The number of carbonyl (C=O) groups is 1. The number of esters is 1. The van der Waals surface area contributed by atoms with Crippen molar-refractivity contribution in [2.45, 2.75) is 37.1 Å². The van der Waals surface area contributed by atoms with Gasteiger partial charge < -0.3 is 4.74 Å². The van der Waals surface area contributed by atoms with Crippen LogP contribution in [0.15, 0.2) is 41.8 Å². The zero-order chi connectivity index (χ0) is 17.2. The maximum atomic E-state index is 12.9. The van der Waals surface area contributed by atoms with Crippen LogP contribution in [0.25, 0.3) is 0 Å². The monoisotopic (exact) mass is 350 g/mol. The average Bonchev–Trinajstić information content (AvgIpc) is 3.31. The van der Waals surface area contributed by atoms with Crippen molar-refractivity contribution in [2.75, 3.05) is 7.11 Å². The lowest BCUT2D eigenvalue weighted by Crippen LogP contribution is -2.33. The quantitative estimate of drug-likeness (QED) is 0.686. The smallest absolute Gasteiger partial charge is 0.327 e. The SMILES string of the molecule is COC(=O)Cn1cnc(S(=O)(=O)N(Cc2ccccc2)C2CC2)n1. The molecule has 1 heterocycles. The van der Waals surface area contributed by atoms with E-state index in [4.69, 9.17) is 0 Å². The summed E-state index contributed by atoms with van der Waals surface area (Å²) in [7, 11) is -2.56. The Morgan fingerprint density at radius 2 is 2.04 bits per heavy atom. The van der Waals surface area contributed by atoms with Crippen molar-refractivity contribution in [3.05, 3.63) is 42.2 Å². The van der Waals surface area contributed by atoms with Gasteiger partial charge in [-0.25, -0.2) is 18.1 Å². The van der Waals surface area contributed by atoms with Gasteiger partial charge >= 0.3 is 5.97 Å². The Morgan fingerprint density at radius 3 is 2.67 bits per heavy atom. The van der Waals surface area contributed by atoms with Crippen LogP contribution in [0.3, 0.4) is 0 Å². The molecule has 1 aromatic heterocycles. The molecule has 8 nitrogen and oxygen atoms in total. The first-order valence-corrected chi connectivity index (χ1v) is 8.97. The lowest BCUT2D eigenvalue weighted by atomic mass is 10.2.